The molecule has 2 atom stereocenters. The predicted octanol–water partition coefficient (Wildman–Crippen LogP) is 1.41. The summed E-state index contributed by atoms with van der Waals surface area (Å²) in [6.07, 6.45) is 1.81. The van der Waals surface area contributed by atoms with E-state index in [4.69, 9.17) is 4.74 Å². The molecular formula is C14H19NO3. The van der Waals surface area contributed by atoms with Crippen LogP contribution in [0.15, 0.2) is 30.3 Å². The lowest BCUT2D eigenvalue weighted by Crippen LogP contribution is -2.40. The van der Waals surface area contributed by atoms with Gasteiger partial charge in [0.1, 0.15) is 6.10 Å². The van der Waals surface area contributed by atoms with Crippen LogP contribution in [-0.4, -0.2) is 30.3 Å². The molecule has 4 heteroatoms. The molecule has 0 radical (unpaired) electrons. The van der Waals surface area contributed by atoms with Crippen molar-refractivity contribution in [1.82, 2.24) is 5.32 Å². The number of aliphatic hydroxyl groups excluding tert-OH is 1. The SMILES string of the molecule is O=C(NCC(O)c1ccccc1)C1CCCCO1. The zero-order valence-corrected chi connectivity index (χ0v) is 10.3. The zero-order valence-electron chi connectivity index (χ0n) is 10.3. The van der Waals surface area contributed by atoms with Crippen molar-refractivity contribution >= 4 is 5.91 Å². The van der Waals surface area contributed by atoms with Gasteiger partial charge in [-0.3, -0.25) is 4.79 Å². The molecule has 0 bridgehead atoms. The van der Waals surface area contributed by atoms with Crippen LogP contribution in [-0.2, 0) is 9.53 Å². The van der Waals surface area contributed by atoms with E-state index in [0.717, 1.165) is 24.8 Å². The molecule has 1 aliphatic rings. The van der Waals surface area contributed by atoms with Crippen LogP contribution < -0.4 is 5.32 Å². The molecule has 1 aromatic carbocycles. The number of carbonyl (C=O) groups is 1. The van der Waals surface area contributed by atoms with E-state index < -0.39 is 6.10 Å². The van der Waals surface area contributed by atoms with Gasteiger partial charge in [0.15, 0.2) is 0 Å². The summed E-state index contributed by atoms with van der Waals surface area (Å²) in [5.74, 6) is -0.121. The third-order valence-electron chi connectivity index (χ3n) is 3.13. The van der Waals surface area contributed by atoms with Crippen LogP contribution in [0.25, 0.3) is 0 Å². The highest BCUT2D eigenvalue weighted by Crippen LogP contribution is 2.14. The topological polar surface area (TPSA) is 58.6 Å². The maximum Gasteiger partial charge on any atom is 0.249 e. The maximum absolute atomic E-state index is 11.8. The van der Waals surface area contributed by atoms with Gasteiger partial charge in [-0.2, -0.15) is 0 Å². The number of hydrogen-bond donors (Lipinski definition) is 2. The lowest BCUT2D eigenvalue weighted by Gasteiger charge is -2.22. The van der Waals surface area contributed by atoms with E-state index in [0.29, 0.717) is 6.61 Å². The van der Waals surface area contributed by atoms with Crippen molar-refractivity contribution in [2.24, 2.45) is 0 Å². The fraction of sp³-hybridized carbons (Fsp3) is 0.500. The summed E-state index contributed by atoms with van der Waals surface area (Å²) >= 11 is 0. The molecule has 1 heterocycles. The molecule has 4 nitrogen and oxygen atoms in total. The first-order chi connectivity index (χ1) is 8.77. The van der Waals surface area contributed by atoms with E-state index in [1.807, 2.05) is 30.3 Å². The van der Waals surface area contributed by atoms with Crippen molar-refractivity contribution in [1.29, 1.82) is 0 Å². The minimum Gasteiger partial charge on any atom is -0.387 e. The number of amides is 1. The standard InChI is InChI=1S/C14H19NO3/c16-12(11-6-2-1-3-7-11)10-15-14(17)13-8-4-5-9-18-13/h1-3,6-7,12-13,16H,4-5,8-10H2,(H,15,17). The third kappa shape index (κ3) is 3.55. The van der Waals surface area contributed by atoms with Gasteiger partial charge in [-0.25, -0.2) is 0 Å². The van der Waals surface area contributed by atoms with Crippen molar-refractivity contribution in [2.75, 3.05) is 13.2 Å². The lowest BCUT2D eigenvalue weighted by molar-refractivity contribution is -0.135. The second-order valence-corrected chi connectivity index (χ2v) is 4.53. The van der Waals surface area contributed by atoms with Crippen molar-refractivity contribution < 1.29 is 14.6 Å². The van der Waals surface area contributed by atoms with Gasteiger partial charge in [-0.15, -0.1) is 0 Å². The van der Waals surface area contributed by atoms with Crippen molar-refractivity contribution in [3.8, 4) is 0 Å². The summed E-state index contributed by atoms with van der Waals surface area (Å²) < 4.78 is 5.38. The van der Waals surface area contributed by atoms with Gasteiger partial charge in [-0.1, -0.05) is 30.3 Å². The summed E-state index contributed by atoms with van der Waals surface area (Å²) in [5.41, 5.74) is 0.808. The highest BCUT2D eigenvalue weighted by atomic mass is 16.5. The Hall–Kier alpha value is -1.39. The Morgan fingerprint density at radius 2 is 2.17 bits per heavy atom. The highest BCUT2D eigenvalue weighted by molar-refractivity contribution is 5.80. The summed E-state index contributed by atoms with van der Waals surface area (Å²) in [4.78, 5) is 11.8. The molecule has 1 amide bonds. The molecule has 2 unspecified atom stereocenters. The van der Waals surface area contributed by atoms with Gasteiger partial charge >= 0.3 is 0 Å². The lowest BCUT2D eigenvalue weighted by atomic mass is 10.1. The molecule has 18 heavy (non-hydrogen) atoms. The second-order valence-electron chi connectivity index (χ2n) is 4.53. The average Bonchev–Trinajstić information content (AvgIpc) is 2.46. The van der Waals surface area contributed by atoms with Gasteiger partial charge < -0.3 is 15.2 Å². The Labute approximate surface area is 107 Å². The monoisotopic (exact) mass is 249 g/mol. The molecule has 0 aromatic heterocycles. The van der Waals surface area contributed by atoms with E-state index >= 15 is 0 Å². The molecular weight excluding hydrogens is 230 g/mol. The summed E-state index contributed by atoms with van der Waals surface area (Å²) in [6, 6.07) is 9.31. The minimum absolute atomic E-state index is 0.121. The van der Waals surface area contributed by atoms with Crippen molar-refractivity contribution in [3.05, 3.63) is 35.9 Å². The number of carbonyl (C=O) groups excluding carboxylic acids is 1. The Kier molecular flexibility index (Phi) is 4.73. The Morgan fingerprint density at radius 1 is 1.39 bits per heavy atom. The van der Waals surface area contributed by atoms with Crippen LogP contribution in [0, 0.1) is 0 Å². The molecule has 0 spiro atoms. The van der Waals surface area contributed by atoms with E-state index in [1.165, 1.54) is 0 Å². The van der Waals surface area contributed by atoms with Crippen LogP contribution >= 0.6 is 0 Å². The molecule has 0 aliphatic carbocycles. The first-order valence-corrected chi connectivity index (χ1v) is 6.39. The van der Waals surface area contributed by atoms with Gasteiger partial charge in [0, 0.05) is 13.2 Å². The number of nitrogens with one attached hydrogen (secondary N) is 1. The van der Waals surface area contributed by atoms with Gasteiger partial charge in [0.25, 0.3) is 0 Å². The van der Waals surface area contributed by atoms with E-state index in [1.54, 1.807) is 0 Å². The van der Waals surface area contributed by atoms with Crippen molar-refractivity contribution in [3.63, 3.8) is 0 Å². The van der Waals surface area contributed by atoms with Gasteiger partial charge in [0.05, 0.1) is 6.10 Å². The summed E-state index contributed by atoms with van der Waals surface area (Å²) in [7, 11) is 0. The number of ether oxygens (including phenoxy) is 1. The van der Waals surface area contributed by atoms with E-state index in [2.05, 4.69) is 5.32 Å². The van der Waals surface area contributed by atoms with Crippen LogP contribution in [0.3, 0.4) is 0 Å². The average molecular weight is 249 g/mol. The molecule has 2 rings (SSSR count). The quantitative estimate of drug-likeness (QED) is 0.848. The first kappa shape index (κ1) is 13.1. The van der Waals surface area contributed by atoms with E-state index in [-0.39, 0.29) is 18.6 Å². The van der Waals surface area contributed by atoms with Gasteiger partial charge in [0.2, 0.25) is 5.91 Å². The molecule has 1 saturated heterocycles. The fourth-order valence-corrected chi connectivity index (χ4v) is 2.05. The van der Waals surface area contributed by atoms with Crippen LogP contribution in [0.4, 0.5) is 0 Å². The predicted molar refractivity (Wildman–Crippen MR) is 68.0 cm³/mol. The van der Waals surface area contributed by atoms with Crippen molar-refractivity contribution in [2.45, 2.75) is 31.5 Å². The Balaban J connectivity index is 1.78. The molecule has 2 N–H and O–H groups in total. The number of hydrogen-bond acceptors (Lipinski definition) is 3. The zero-order chi connectivity index (χ0) is 12.8. The molecule has 98 valence electrons. The number of benzene rings is 1. The minimum atomic E-state index is -0.668. The maximum atomic E-state index is 11.8. The Morgan fingerprint density at radius 3 is 2.83 bits per heavy atom. The van der Waals surface area contributed by atoms with Crippen LogP contribution in [0.5, 0.6) is 0 Å². The molecule has 1 fully saturated rings. The summed E-state index contributed by atoms with van der Waals surface area (Å²) in [5, 5.41) is 12.6. The smallest absolute Gasteiger partial charge is 0.249 e. The normalized spacial score (nSPS) is 21.3. The molecule has 1 aromatic rings. The Bertz CT molecular complexity index is 374. The number of aliphatic hydroxyl groups is 1. The van der Waals surface area contributed by atoms with Crippen LogP contribution in [0.2, 0.25) is 0 Å². The van der Waals surface area contributed by atoms with E-state index in [9.17, 15) is 9.90 Å². The fourth-order valence-electron chi connectivity index (χ4n) is 2.05. The largest absolute Gasteiger partial charge is 0.387 e. The number of rotatable bonds is 4. The second kappa shape index (κ2) is 6.52. The first-order valence-electron chi connectivity index (χ1n) is 6.39. The highest BCUT2D eigenvalue weighted by Gasteiger charge is 2.22. The molecule has 0 saturated carbocycles. The van der Waals surface area contributed by atoms with Crippen LogP contribution in [0.1, 0.15) is 30.9 Å². The van der Waals surface area contributed by atoms with Gasteiger partial charge in [-0.05, 0) is 24.8 Å². The molecule has 1 aliphatic heterocycles. The third-order valence-corrected chi connectivity index (χ3v) is 3.13. The summed E-state index contributed by atoms with van der Waals surface area (Å²) in [6.45, 7) is 0.877.